The van der Waals surface area contributed by atoms with E-state index in [0.717, 1.165) is 22.2 Å². The Kier molecular flexibility index (Phi) is 10.8. The van der Waals surface area contributed by atoms with Gasteiger partial charge in [0.05, 0.1) is 18.3 Å². The van der Waals surface area contributed by atoms with Gasteiger partial charge in [-0.1, -0.05) is 54.1 Å². The van der Waals surface area contributed by atoms with Crippen LogP contribution in [-0.4, -0.2) is 61.5 Å². The summed E-state index contributed by atoms with van der Waals surface area (Å²) in [6.07, 6.45) is 1.02. The summed E-state index contributed by atoms with van der Waals surface area (Å²) < 4.78 is 32.1. The minimum atomic E-state index is -4.17. The van der Waals surface area contributed by atoms with Crippen molar-refractivity contribution in [2.75, 3.05) is 24.2 Å². The van der Waals surface area contributed by atoms with E-state index in [2.05, 4.69) is 5.32 Å². The second-order valence-electron chi connectivity index (χ2n) is 11.0. The van der Waals surface area contributed by atoms with Crippen LogP contribution in [0, 0.1) is 10.1 Å². The number of halogens is 1. The number of carbonyl (C=O) groups excluding carboxylic acids is 2. The van der Waals surface area contributed by atoms with E-state index in [4.69, 9.17) is 16.3 Å². The Balaban J connectivity index is 2.14. The molecule has 0 heterocycles. The number of non-ortho nitro benzene ring substituents is 1. The molecular weight excluding hydrogens is 596 g/mol. The van der Waals surface area contributed by atoms with Gasteiger partial charge in [-0.2, -0.15) is 0 Å². The van der Waals surface area contributed by atoms with E-state index in [1.807, 2.05) is 51.1 Å². The lowest BCUT2D eigenvalue weighted by Crippen LogP contribution is -2.56. The molecule has 0 fully saturated rings. The molecule has 0 spiro atoms. The van der Waals surface area contributed by atoms with E-state index in [9.17, 15) is 28.1 Å². The first kappa shape index (κ1) is 33.3. The number of sulfonamides is 1. The highest BCUT2D eigenvalue weighted by atomic mass is 35.5. The van der Waals surface area contributed by atoms with Crippen molar-refractivity contribution in [1.29, 1.82) is 0 Å². The maximum atomic E-state index is 14.2. The van der Waals surface area contributed by atoms with Crippen molar-refractivity contribution >= 4 is 44.8 Å². The molecule has 1 atom stereocenters. The molecule has 0 aliphatic heterocycles. The number of hydrogen-bond acceptors (Lipinski definition) is 7. The van der Waals surface area contributed by atoms with Crippen molar-refractivity contribution in [3.8, 4) is 5.75 Å². The molecule has 43 heavy (non-hydrogen) atoms. The molecule has 11 nitrogen and oxygen atoms in total. The van der Waals surface area contributed by atoms with Crippen molar-refractivity contribution in [3.05, 3.63) is 99.1 Å². The minimum Gasteiger partial charge on any atom is -0.495 e. The van der Waals surface area contributed by atoms with Gasteiger partial charge in [0, 0.05) is 35.7 Å². The lowest BCUT2D eigenvalue weighted by Gasteiger charge is -2.35. The number of hydrogen-bond donors (Lipinski definition) is 1. The van der Waals surface area contributed by atoms with Crippen LogP contribution in [0.15, 0.2) is 72.8 Å². The summed E-state index contributed by atoms with van der Waals surface area (Å²) in [6.45, 7) is 4.65. The number of anilines is 1. The van der Waals surface area contributed by atoms with Crippen LogP contribution in [0.4, 0.5) is 11.4 Å². The summed E-state index contributed by atoms with van der Waals surface area (Å²) in [5.41, 5.74) is 0.235. The van der Waals surface area contributed by atoms with Gasteiger partial charge < -0.3 is 15.0 Å². The number of ether oxygens (including phenoxy) is 1. The fraction of sp³-hybridized carbons (Fsp3) is 0.333. The molecule has 3 aromatic carbocycles. The van der Waals surface area contributed by atoms with Crippen LogP contribution in [0.3, 0.4) is 0 Å². The Bertz CT molecular complexity index is 1560. The quantitative estimate of drug-likeness (QED) is 0.228. The van der Waals surface area contributed by atoms with Gasteiger partial charge in [-0.3, -0.25) is 24.0 Å². The molecule has 230 valence electrons. The van der Waals surface area contributed by atoms with Gasteiger partial charge in [-0.15, -0.1) is 0 Å². The number of benzene rings is 3. The fourth-order valence-electron chi connectivity index (χ4n) is 4.37. The molecule has 0 saturated carbocycles. The van der Waals surface area contributed by atoms with Gasteiger partial charge in [0.15, 0.2) is 0 Å². The van der Waals surface area contributed by atoms with Crippen LogP contribution < -0.4 is 14.4 Å². The van der Waals surface area contributed by atoms with Crippen LogP contribution >= 0.6 is 11.6 Å². The third-order valence-corrected chi connectivity index (χ3v) is 7.74. The Labute approximate surface area is 256 Å². The summed E-state index contributed by atoms with van der Waals surface area (Å²) in [7, 11) is -2.88. The highest BCUT2D eigenvalue weighted by molar-refractivity contribution is 7.92. The fourth-order valence-corrected chi connectivity index (χ4v) is 5.35. The van der Waals surface area contributed by atoms with Gasteiger partial charge in [-0.05, 0) is 50.1 Å². The van der Waals surface area contributed by atoms with Crippen LogP contribution in [-0.2, 0) is 32.6 Å². The van der Waals surface area contributed by atoms with E-state index < -0.39 is 44.9 Å². The molecule has 3 aromatic rings. The van der Waals surface area contributed by atoms with E-state index in [0.29, 0.717) is 10.6 Å². The molecule has 0 aliphatic rings. The molecular formula is C30H35ClN4O7S. The van der Waals surface area contributed by atoms with Gasteiger partial charge in [0.1, 0.15) is 24.0 Å². The molecule has 0 radical (unpaired) electrons. The number of nitro groups is 1. The summed E-state index contributed by atoms with van der Waals surface area (Å²) >= 11 is 6.08. The molecule has 0 saturated heterocycles. The zero-order chi connectivity index (χ0) is 31.9. The number of amides is 2. The number of nitro benzene ring substituents is 1. The second kappa shape index (κ2) is 13.9. The smallest absolute Gasteiger partial charge is 0.271 e. The lowest BCUT2D eigenvalue weighted by molar-refractivity contribution is -0.384. The van der Waals surface area contributed by atoms with Crippen molar-refractivity contribution in [2.24, 2.45) is 0 Å². The summed E-state index contributed by atoms with van der Waals surface area (Å²) in [4.78, 5) is 40.1. The minimum absolute atomic E-state index is 0.0133. The largest absolute Gasteiger partial charge is 0.495 e. The van der Waals surface area contributed by atoms with Crippen molar-refractivity contribution in [1.82, 2.24) is 10.2 Å². The monoisotopic (exact) mass is 630 g/mol. The van der Waals surface area contributed by atoms with Gasteiger partial charge in [-0.25, -0.2) is 8.42 Å². The lowest BCUT2D eigenvalue weighted by atomic mass is 10.0. The molecule has 0 aromatic heterocycles. The molecule has 3 rings (SSSR count). The predicted molar refractivity (Wildman–Crippen MR) is 166 cm³/mol. The maximum Gasteiger partial charge on any atom is 0.271 e. The van der Waals surface area contributed by atoms with Gasteiger partial charge in [0.2, 0.25) is 21.8 Å². The molecule has 2 amide bonds. The number of nitrogens with zero attached hydrogens (tertiary/aromatic N) is 3. The Morgan fingerprint density at radius 1 is 1.02 bits per heavy atom. The number of methoxy groups -OCH3 is 1. The normalized spacial score (nSPS) is 12.2. The van der Waals surface area contributed by atoms with Crippen LogP contribution in [0.2, 0.25) is 5.02 Å². The summed E-state index contributed by atoms with van der Waals surface area (Å²) in [5.74, 6) is -1.13. The van der Waals surface area contributed by atoms with E-state index >= 15 is 0 Å². The van der Waals surface area contributed by atoms with Crippen LogP contribution in [0.1, 0.15) is 31.9 Å². The van der Waals surface area contributed by atoms with Gasteiger partial charge >= 0.3 is 0 Å². The first-order valence-corrected chi connectivity index (χ1v) is 15.5. The van der Waals surface area contributed by atoms with Crippen molar-refractivity contribution < 1.29 is 27.7 Å². The first-order chi connectivity index (χ1) is 20.1. The Morgan fingerprint density at radius 2 is 1.65 bits per heavy atom. The topological polar surface area (TPSA) is 139 Å². The molecule has 0 unspecified atom stereocenters. The number of rotatable bonds is 12. The maximum absolute atomic E-state index is 14.2. The summed E-state index contributed by atoms with van der Waals surface area (Å²) in [5, 5.41) is 14.9. The average molecular weight is 631 g/mol. The Hall–Kier alpha value is -4.16. The van der Waals surface area contributed by atoms with Gasteiger partial charge in [0.25, 0.3) is 5.69 Å². The average Bonchev–Trinajstić information content (AvgIpc) is 2.93. The third-order valence-electron chi connectivity index (χ3n) is 6.36. The summed E-state index contributed by atoms with van der Waals surface area (Å²) in [6, 6.07) is 18.3. The molecule has 0 bridgehead atoms. The number of nitrogens with one attached hydrogen (secondary N) is 1. The Morgan fingerprint density at radius 3 is 2.19 bits per heavy atom. The highest BCUT2D eigenvalue weighted by Crippen LogP contribution is 2.34. The standard InChI is InChI=1S/C30H35ClN4O7S/c1-30(2,3)32-29(37)26(17-21-9-7-6-8-10-21)33(19-22-11-13-23(31)14-12-22)28(36)20-34(43(5,40)41)25-18-24(35(38)39)15-16-27(25)42-4/h6-16,18,26H,17,19-20H2,1-5H3,(H,32,37)/t26-/m1/s1. The first-order valence-electron chi connectivity index (χ1n) is 13.3. The predicted octanol–water partition coefficient (Wildman–Crippen LogP) is 4.58. The van der Waals surface area contributed by atoms with Crippen LogP contribution in [0.25, 0.3) is 0 Å². The zero-order valence-electron chi connectivity index (χ0n) is 24.6. The SMILES string of the molecule is COc1ccc([N+](=O)[O-])cc1N(CC(=O)N(Cc1ccc(Cl)cc1)[C@H](Cc1ccccc1)C(=O)NC(C)(C)C)S(C)(=O)=O. The van der Waals surface area contributed by atoms with Crippen molar-refractivity contribution in [3.63, 3.8) is 0 Å². The third kappa shape index (κ3) is 9.42. The second-order valence-corrected chi connectivity index (χ2v) is 13.3. The zero-order valence-corrected chi connectivity index (χ0v) is 26.2. The highest BCUT2D eigenvalue weighted by Gasteiger charge is 2.35. The van der Waals surface area contributed by atoms with Crippen molar-refractivity contribution in [2.45, 2.75) is 45.3 Å². The van der Waals surface area contributed by atoms with E-state index in [-0.39, 0.29) is 30.1 Å². The van der Waals surface area contributed by atoms with E-state index in [1.165, 1.54) is 24.1 Å². The molecule has 13 heteroatoms. The van der Waals surface area contributed by atoms with Crippen LogP contribution in [0.5, 0.6) is 5.75 Å². The van der Waals surface area contributed by atoms with E-state index in [1.54, 1.807) is 24.3 Å². The molecule has 1 N–H and O–H groups in total. The number of carbonyl (C=O) groups is 2. The molecule has 0 aliphatic carbocycles.